The Morgan fingerprint density at radius 2 is 2.36 bits per heavy atom. The van der Waals surface area contributed by atoms with Crippen LogP contribution in [0.5, 0.6) is 5.88 Å². The predicted molar refractivity (Wildman–Crippen MR) is 45.6 cm³/mol. The van der Waals surface area contributed by atoms with Gasteiger partial charge in [-0.25, -0.2) is 10.5 Å². The van der Waals surface area contributed by atoms with Crippen LogP contribution in [0, 0.1) is 0 Å². The first-order valence-electron chi connectivity index (χ1n) is 2.80. The molecule has 1 aromatic rings. The predicted octanol–water partition coefficient (Wildman–Crippen LogP) is 0.636. The van der Waals surface area contributed by atoms with Crippen molar-refractivity contribution in [2.24, 2.45) is 5.50 Å². The van der Waals surface area contributed by atoms with Crippen molar-refractivity contribution in [3.05, 3.63) is 24.4 Å². The molecule has 1 heterocycles. The minimum atomic E-state index is -3.12. The molecule has 0 amide bonds. The molecule has 11 heavy (non-hydrogen) atoms. The zero-order chi connectivity index (χ0) is 8.32. The topological polar surface area (TPSA) is 68.4 Å². The molecule has 0 radical (unpaired) electrons. The summed E-state index contributed by atoms with van der Waals surface area (Å²) in [4.78, 5) is 12.7. The molecule has 4 nitrogen and oxygen atoms in total. The van der Waals surface area contributed by atoms with Crippen molar-refractivity contribution in [1.82, 2.24) is 4.98 Å². The monoisotopic (exact) mass is 190 g/mol. The highest BCUT2D eigenvalue weighted by Gasteiger charge is 2.06. The lowest BCUT2D eigenvalue weighted by molar-refractivity contribution is 0.473. The number of nitrogens with zero attached hydrogens (tertiary/aromatic N) is 1. The van der Waals surface area contributed by atoms with Crippen molar-refractivity contribution in [1.29, 1.82) is 0 Å². The molecule has 0 saturated heterocycles. The molecule has 1 rings (SSSR count). The molecule has 0 aliphatic carbocycles. The molecule has 0 saturated carbocycles. The van der Waals surface area contributed by atoms with Crippen molar-refractivity contribution >= 4 is 18.4 Å². The molecule has 1 atom stereocenters. The van der Waals surface area contributed by atoms with E-state index in [1.807, 2.05) is 0 Å². The quantitative estimate of drug-likeness (QED) is 0.669. The van der Waals surface area contributed by atoms with Gasteiger partial charge in [-0.15, -0.1) is 0 Å². The third-order valence-electron chi connectivity index (χ3n) is 0.862. The first kappa shape index (κ1) is 8.62. The summed E-state index contributed by atoms with van der Waals surface area (Å²) in [6, 6.07) is 5.02. The summed E-state index contributed by atoms with van der Waals surface area (Å²) in [5, 5.41) is 0. The highest BCUT2D eigenvalue weighted by molar-refractivity contribution is 8.08. The molecule has 0 aliphatic rings. The Balaban J connectivity index is 2.74. The van der Waals surface area contributed by atoms with Crippen LogP contribution in [0.25, 0.3) is 0 Å². The van der Waals surface area contributed by atoms with E-state index in [-0.39, 0.29) is 5.88 Å². The van der Waals surface area contributed by atoms with E-state index in [0.717, 1.165) is 0 Å². The largest absolute Gasteiger partial charge is 0.415 e. The van der Waals surface area contributed by atoms with Crippen LogP contribution in [-0.2, 0) is 11.8 Å². The number of hydrogen-bond donors (Lipinski definition) is 2. The van der Waals surface area contributed by atoms with E-state index in [9.17, 15) is 0 Å². The second-order valence-corrected chi connectivity index (χ2v) is 4.70. The number of hydrogen-bond acceptors (Lipinski definition) is 3. The van der Waals surface area contributed by atoms with Gasteiger partial charge in [-0.3, -0.25) is 0 Å². The summed E-state index contributed by atoms with van der Waals surface area (Å²) >= 11 is 4.45. The average molecular weight is 190 g/mol. The fourth-order valence-electron chi connectivity index (χ4n) is 0.535. The van der Waals surface area contributed by atoms with Crippen molar-refractivity contribution < 1.29 is 9.42 Å². The molecular weight excluding hydrogens is 183 g/mol. The number of aromatic nitrogens is 1. The van der Waals surface area contributed by atoms with E-state index >= 15 is 0 Å². The molecular formula is C5H7N2O2PS. The Kier molecular flexibility index (Phi) is 2.57. The molecule has 6 heteroatoms. The Hall–Kier alpha value is -0.480. The van der Waals surface area contributed by atoms with Gasteiger partial charge in [-0.2, -0.15) is 0 Å². The lowest BCUT2D eigenvalue weighted by atomic mass is 10.5. The Morgan fingerprint density at radius 1 is 1.64 bits per heavy atom. The summed E-state index contributed by atoms with van der Waals surface area (Å²) in [5.74, 6) is 0.251. The van der Waals surface area contributed by atoms with Crippen LogP contribution in [-0.4, -0.2) is 9.88 Å². The van der Waals surface area contributed by atoms with Gasteiger partial charge >= 0.3 is 6.64 Å². The summed E-state index contributed by atoms with van der Waals surface area (Å²) in [6.45, 7) is -3.12. The SMILES string of the molecule is NP(O)(=S)Oc1ccccn1. The van der Waals surface area contributed by atoms with Gasteiger partial charge in [0.15, 0.2) is 0 Å². The van der Waals surface area contributed by atoms with Gasteiger partial charge in [0.1, 0.15) is 0 Å². The molecule has 60 valence electrons. The van der Waals surface area contributed by atoms with E-state index in [2.05, 4.69) is 16.8 Å². The van der Waals surface area contributed by atoms with Gasteiger partial charge in [0, 0.05) is 12.3 Å². The van der Waals surface area contributed by atoms with Gasteiger partial charge in [0.2, 0.25) is 5.88 Å². The summed E-state index contributed by atoms with van der Waals surface area (Å²) in [6.07, 6.45) is 1.53. The van der Waals surface area contributed by atoms with Crippen molar-refractivity contribution in [2.45, 2.75) is 0 Å². The molecule has 1 unspecified atom stereocenters. The maximum absolute atomic E-state index is 8.91. The fraction of sp³-hybridized carbons (Fsp3) is 0. The van der Waals surface area contributed by atoms with Crippen molar-refractivity contribution in [3.63, 3.8) is 0 Å². The van der Waals surface area contributed by atoms with Gasteiger partial charge < -0.3 is 9.42 Å². The van der Waals surface area contributed by atoms with E-state index in [4.69, 9.17) is 14.9 Å². The van der Waals surface area contributed by atoms with Gasteiger partial charge in [-0.05, 0) is 17.9 Å². The van der Waals surface area contributed by atoms with E-state index in [1.54, 1.807) is 18.2 Å². The molecule has 0 aliphatic heterocycles. The Bertz CT molecular complexity index is 273. The van der Waals surface area contributed by atoms with Gasteiger partial charge in [-0.1, -0.05) is 6.07 Å². The standard InChI is InChI=1S/C5H7N2O2PS/c6-10(8,11)9-5-3-1-2-4-7-5/h1-4H,(H3,6,8,11). The third kappa shape index (κ3) is 3.43. The second-order valence-electron chi connectivity index (χ2n) is 1.82. The maximum Gasteiger partial charge on any atom is 0.308 e. The minimum absolute atomic E-state index is 0.251. The zero-order valence-corrected chi connectivity index (χ0v) is 7.26. The molecule has 3 N–H and O–H groups in total. The van der Waals surface area contributed by atoms with Crippen LogP contribution in [0.1, 0.15) is 0 Å². The number of rotatable bonds is 2. The highest BCUT2D eigenvalue weighted by atomic mass is 32.5. The number of nitrogens with two attached hydrogens (primary N) is 1. The van der Waals surface area contributed by atoms with Crippen molar-refractivity contribution in [2.75, 3.05) is 0 Å². The van der Waals surface area contributed by atoms with Crippen LogP contribution in [0.4, 0.5) is 0 Å². The van der Waals surface area contributed by atoms with Gasteiger partial charge in [0.05, 0.1) is 0 Å². The smallest absolute Gasteiger partial charge is 0.308 e. The molecule has 0 fully saturated rings. The Labute approximate surface area is 69.2 Å². The van der Waals surface area contributed by atoms with E-state index in [1.165, 1.54) is 6.20 Å². The van der Waals surface area contributed by atoms with Crippen LogP contribution in [0.3, 0.4) is 0 Å². The normalized spacial score (nSPS) is 15.5. The average Bonchev–Trinajstić information content (AvgIpc) is 1.85. The Morgan fingerprint density at radius 3 is 2.82 bits per heavy atom. The fourth-order valence-corrected chi connectivity index (χ4v) is 1.14. The first-order chi connectivity index (χ1) is 5.08. The molecule has 1 aromatic heterocycles. The summed E-state index contributed by atoms with van der Waals surface area (Å²) in [5.41, 5.74) is 5.09. The van der Waals surface area contributed by atoms with Crippen LogP contribution in [0.15, 0.2) is 24.4 Å². The van der Waals surface area contributed by atoms with E-state index < -0.39 is 6.64 Å². The third-order valence-corrected chi connectivity index (χ3v) is 1.53. The van der Waals surface area contributed by atoms with Crippen LogP contribution < -0.4 is 10.0 Å². The second kappa shape index (κ2) is 3.28. The zero-order valence-electron chi connectivity index (χ0n) is 5.54. The molecule has 0 spiro atoms. The van der Waals surface area contributed by atoms with Crippen molar-refractivity contribution in [3.8, 4) is 5.88 Å². The summed E-state index contributed by atoms with van der Waals surface area (Å²) < 4.78 is 4.75. The van der Waals surface area contributed by atoms with E-state index in [0.29, 0.717) is 0 Å². The highest BCUT2D eigenvalue weighted by Crippen LogP contribution is 2.32. The number of pyridine rings is 1. The summed E-state index contributed by atoms with van der Waals surface area (Å²) in [7, 11) is 0. The minimum Gasteiger partial charge on any atom is -0.415 e. The lowest BCUT2D eigenvalue weighted by Gasteiger charge is -2.08. The lowest BCUT2D eigenvalue weighted by Crippen LogP contribution is -2.01. The first-order valence-corrected chi connectivity index (χ1v) is 5.54. The van der Waals surface area contributed by atoms with Gasteiger partial charge in [0.25, 0.3) is 0 Å². The maximum atomic E-state index is 8.91. The molecule has 0 aromatic carbocycles. The molecule has 0 bridgehead atoms. The van der Waals surface area contributed by atoms with Crippen LogP contribution >= 0.6 is 6.64 Å². The van der Waals surface area contributed by atoms with Crippen LogP contribution in [0.2, 0.25) is 0 Å².